The smallest absolute Gasteiger partial charge is 0.0438 e. The van der Waals surface area contributed by atoms with Crippen molar-refractivity contribution in [3.05, 3.63) is 64.5 Å². The average Bonchev–Trinajstić information content (AvgIpc) is 2.79. The molecule has 154 valence electrons. The Bertz CT molecular complexity index is 822. The summed E-state index contributed by atoms with van der Waals surface area (Å²) in [5.41, 5.74) is 7.68. The minimum Gasteiger partial charge on any atom is -0.303 e. The Kier molecular flexibility index (Phi) is 5.96. The van der Waals surface area contributed by atoms with Gasteiger partial charge >= 0.3 is 0 Å². The van der Waals surface area contributed by atoms with E-state index in [9.17, 15) is 0 Å². The molecule has 2 aliphatic heterocycles. The van der Waals surface area contributed by atoms with Gasteiger partial charge in [0.1, 0.15) is 0 Å². The lowest BCUT2D eigenvalue weighted by molar-refractivity contribution is 0.0976. The van der Waals surface area contributed by atoms with Crippen LogP contribution in [0.15, 0.2) is 36.5 Å². The van der Waals surface area contributed by atoms with E-state index in [-0.39, 0.29) is 0 Å². The normalized spacial score (nSPS) is 21.0. The number of rotatable bonds is 5. The third-order valence-corrected chi connectivity index (χ3v) is 7.49. The standard InChI is InChI=1S/C26H35N3/c1-2-7-23-20-29(19-12-21(23)6-1)24-13-17-28(18-14-24)16-5-8-22-11-15-27-26-10-4-3-9-25(22)26/h1-2,6-7,11,15,24H,3-5,8-10,12-14,16-20H2. The highest BCUT2D eigenvalue weighted by Gasteiger charge is 2.27. The minimum absolute atomic E-state index is 0.784. The molecule has 0 atom stereocenters. The zero-order valence-corrected chi connectivity index (χ0v) is 17.8. The molecule has 0 N–H and O–H groups in total. The Morgan fingerprint density at radius 3 is 2.62 bits per heavy atom. The molecule has 1 fully saturated rings. The third kappa shape index (κ3) is 4.41. The van der Waals surface area contributed by atoms with E-state index in [2.05, 4.69) is 45.1 Å². The number of nitrogens with zero attached hydrogens (tertiary/aromatic N) is 3. The summed E-state index contributed by atoms with van der Waals surface area (Å²) in [5.74, 6) is 0. The van der Waals surface area contributed by atoms with E-state index in [4.69, 9.17) is 0 Å². The Morgan fingerprint density at radius 1 is 0.897 bits per heavy atom. The second-order valence-corrected chi connectivity index (χ2v) is 9.27. The summed E-state index contributed by atoms with van der Waals surface area (Å²) < 4.78 is 0. The molecule has 0 amide bonds. The number of pyridine rings is 1. The molecule has 0 saturated carbocycles. The molecule has 5 rings (SSSR count). The summed E-state index contributed by atoms with van der Waals surface area (Å²) in [6.45, 7) is 6.21. The number of fused-ring (bicyclic) bond motifs is 2. The highest BCUT2D eigenvalue weighted by atomic mass is 15.2. The summed E-state index contributed by atoms with van der Waals surface area (Å²) in [4.78, 5) is 10.1. The fourth-order valence-electron chi connectivity index (χ4n) is 5.76. The number of aryl methyl sites for hydroxylation is 2. The van der Waals surface area contributed by atoms with Crippen LogP contribution in [-0.2, 0) is 32.2 Å². The lowest BCUT2D eigenvalue weighted by Gasteiger charge is -2.40. The van der Waals surface area contributed by atoms with E-state index in [1.807, 2.05) is 6.20 Å². The molecular formula is C26H35N3. The fourth-order valence-corrected chi connectivity index (χ4v) is 5.76. The van der Waals surface area contributed by atoms with E-state index in [1.54, 1.807) is 22.3 Å². The quantitative estimate of drug-likeness (QED) is 0.755. The van der Waals surface area contributed by atoms with Gasteiger partial charge in [0, 0.05) is 31.0 Å². The van der Waals surface area contributed by atoms with Crippen molar-refractivity contribution >= 4 is 0 Å². The van der Waals surface area contributed by atoms with Gasteiger partial charge in [-0.15, -0.1) is 0 Å². The number of hydrogen-bond donors (Lipinski definition) is 0. The van der Waals surface area contributed by atoms with E-state index in [0.717, 1.165) is 12.6 Å². The first-order chi connectivity index (χ1) is 14.4. The molecule has 0 unspecified atom stereocenters. The lowest BCUT2D eigenvalue weighted by atomic mass is 9.90. The maximum atomic E-state index is 4.63. The van der Waals surface area contributed by atoms with Crippen LogP contribution in [0.2, 0.25) is 0 Å². The SMILES string of the molecule is c1ccc2c(c1)CCN(C1CCN(CCCc3ccnc4c3CCCC4)CC1)C2. The number of likely N-dealkylation sites (tertiary alicyclic amines) is 1. The van der Waals surface area contributed by atoms with Crippen molar-refractivity contribution in [1.29, 1.82) is 0 Å². The average molecular weight is 390 g/mol. The summed E-state index contributed by atoms with van der Waals surface area (Å²) in [5, 5.41) is 0. The molecule has 3 aliphatic rings. The molecular weight excluding hydrogens is 354 g/mol. The van der Waals surface area contributed by atoms with Crippen LogP contribution < -0.4 is 0 Å². The van der Waals surface area contributed by atoms with Crippen LogP contribution in [0.1, 0.15) is 60.1 Å². The molecule has 0 radical (unpaired) electrons. The topological polar surface area (TPSA) is 19.4 Å². The number of aromatic nitrogens is 1. The second-order valence-electron chi connectivity index (χ2n) is 9.27. The zero-order chi connectivity index (χ0) is 19.5. The molecule has 0 bridgehead atoms. The molecule has 29 heavy (non-hydrogen) atoms. The Morgan fingerprint density at radius 2 is 1.72 bits per heavy atom. The largest absolute Gasteiger partial charge is 0.303 e. The third-order valence-electron chi connectivity index (χ3n) is 7.49. The predicted molar refractivity (Wildman–Crippen MR) is 119 cm³/mol. The summed E-state index contributed by atoms with van der Waals surface area (Å²) >= 11 is 0. The van der Waals surface area contributed by atoms with Crippen LogP contribution in [0, 0.1) is 0 Å². The van der Waals surface area contributed by atoms with Gasteiger partial charge in [0.2, 0.25) is 0 Å². The minimum atomic E-state index is 0.784. The molecule has 1 aliphatic carbocycles. The zero-order valence-electron chi connectivity index (χ0n) is 17.8. The van der Waals surface area contributed by atoms with Crippen molar-refractivity contribution < 1.29 is 0 Å². The maximum Gasteiger partial charge on any atom is 0.0438 e. The molecule has 2 aromatic rings. The number of benzene rings is 1. The van der Waals surface area contributed by atoms with E-state index >= 15 is 0 Å². The van der Waals surface area contributed by atoms with Crippen LogP contribution in [0.5, 0.6) is 0 Å². The van der Waals surface area contributed by atoms with Gasteiger partial charge in [-0.05, 0) is 106 Å². The van der Waals surface area contributed by atoms with E-state index in [1.165, 1.54) is 89.7 Å². The van der Waals surface area contributed by atoms with Gasteiger partial charge in [0.05, 0.1) is 0 Å². The first-order valence-electron chi connectivity index (χ1n) is 11.9. The van der Waals surface area contributed by atoms with E-state index in [0.29, 0.717) is 0 Å². The Balaban J connectivity index is 1.08. The maximum absolute atomic E-state index is 4.63. The second kappa shape index (κ2) is 8.97. The van der Waals surface area contributed by atoms with Gasteiger partial charge in [0.25, 0.3) is 0 Å². The number of hydrogen-bond acceptors (Lipinski definition) is 3. The molecule has 0 spiro atoms. The van der Waals surface area contributed by atoms with Crippen molar-refractivity contribution in [3.8, 4) is 0 Å². The summed E-state index contributed by atoms with van der Waals surface area (Å²) in [6.07, 6.45) is 13.6. The van der Waals surface area contributed by atoms with Gasteiger partial charge in [-0.3, -0.25) is 9.88 Å². The van der Waals surface area contributed by atoms with Crippen LogP contribution in [0.4, 0.5) is 0 Å². The summed E-state index contributed by atoms with van der Waals surface area (Å²) in [6, 6.07) is 12.1. The monoisotopic (exact) mass is 389 g/mol. The first kappa shape index (κ1) is 19.3. The van der Waals surface area contributed by atoms with Crippen molar-refractivity contribution in [2.75, 3.05) is 26.2 Å². The summed E-state index contributed by atoms with van der Waals surface area (Å²) in [7, 11) is 0. The van der Waals surface area contributed by atoms with Gasteiger partial charge in [-0.1, -0.05) is 24.3 Å². The van der Waals surface area contributed by atoms with Gasteiger partial charge < -0.3 is 4.90 Å². The van der Waals surface area contributed by atoms with Crippen molar-refractivity contribution in [2.24, 2.45) is 0 Å². The molecule has 1 aromatic carbocycles. The predicted octanol–water partition coefficient (Wildman–Crippen LogP) is 4.42. The van der Waals surface area contributed by atoms with Crippen LogP contribution in [0.25, 0.3) is 0 Å². The molecule has 1 aromatic heterocycles. The molecule has 3 heteroatoms. The van der Waals surface area contributed by atoms with Gasteiger partial charge in [0.15, 0.2) is 0 Å². The van der Waals surface area contributed by atoms with Crippen molar-refractivity contribution in [3.63, 3.8) is 0 Å². The molecule has 3 nitrogen and oxygen atoms in total. The molecule has 3 heterocycles. The van der Waals surface area contributed by atoms with Gasteiger partial charge in [-0.25, -0.2) is 0 Å². The lowest BCUT2D eigenvalue weighted by Crippen LogP contribution is -2.46. The van der Waals surface area contributed by atoms with Crippen molar-refractivity contribution in [2.45, 2.75) is 70.4 Å². The first-order valence-corrected chi connectivity index (χ1v) is 11.9. The Hall–Kier alpha value is -1.71. The highest BCUT2D eigenvalue weighted by Crippen LogP contribution is 2.26. The molecule has 1 saturated heterocycles. The van der Waals surface area contributed by atoms with Crippen LogP contribution in [-0.4, -0.2) is 47.0 Å². The van der Waals surface area contributed by atoms with Crippen LogP contribution >= 0.6 is 0 Å². The highest BCUT2D eigenvalue weighted by molar-refractivity contribution is 5.32. The van der Waals surface area contributed by atoms with Crippen LogP contribution in [0.3, 0.4) is 0 Å². The fraction of sp³-hybridized carbons (Fsp3) is 0.577. The van der Waals surface area contributed by atoms with Gasteiger partial charge in [-0.2, -0.15) is 0 Å². The Labute approximate surface area is 176 Å². The van der Waals surface area contributed by atoms with E-state index < -0.39 is 0 Å². The number of piperidine rings is 1. The van der Waals surface area contributed by atoms with Crippen molar-refractivity contribution in [1.82, 2.24) is 14.8 Å².